The Morgan fingerprint density at radius 1 is 0.905 bits per heavy atom. The molecule has 1 aromatic carbocycles. The van der Waals surface area contributed by atoms with Crippen molar-refractivity contribution in [3.05, 3.63) is 66.6 Å². The maximum atomic E-state index is 4.67. The summed E-state index contributed by atoms with van der Waals surface area (Å²) in [5, 5.41) is 1.18. The second-order valence-corrected chi connectivity index (χ2v) is 6.56. The summed E-state index contributed by atoms with van der Waals surface area (Å²) in [7, 11) is 9.34. The normalized spacial score (nSPS) is 10.2. The minimum Gasteiger partial charge on any atom is -0.260 e. The Hall–Kier alpha value is -0.771. The molecule has 3 rings (SSSR count). The summed E-state index contributed by atoms with van der Waals surface area (Å²) < 4.78 is 0. The zero-order chi connectivity index (χ0) is 14.9. The van der Waals surface area contributed by atoms with Gasteiger partial charge >= 0.3 is 33.3 Å². The first kappa shape index (κ1) is 16.6. The van der Waals surface area contributed by atoms with Gasteiger partial charge in [0.15, 0.2) is 0 Å². The van der Waals surface area contributed by atoms with Crippen molar-refractivity contribution >= 4 is 42.9 Å². The molecule has 0 saturated heterocycles. The van der Waals surface area contributed by atoms with Crippen LogP contribution in [0.4, 0.5) is 0 Å². The minimum absolute atomic E-state index is 0.757. The predicted molar refractivity (Wildman–Crippen MR) is 87.2 cm³/mol. The van der Waals surface area contributed by atoms with Gasteiger partial charge in [0.05, 0.1) is 11.2 Å². The molecule has 0 radical (unpaired) electrons. The standard InChI is InChI=1S/C15H12N2S.2ClH.Cu/c1-2-9-16-13(7-1)11-18-14-8-3-5-12-6-4-10-17-15(12)14;;;/h1-10H,11H2;2*1H;/q;;;+2/p-2. The Morgan fingerprint density at radius 2 is 1.67 bits per heavy atom. The molecule has 0 N–H and O–H groups in total. The maximum absolute atomic E-state index is 4.67. The van der Waals surface area contributed by atoms with E-state index in [1.165, 1.54) is 10.3 Å². The van der Waals surface area contributed by atoms with E-state index in [2.05, 4.69) is 54.4 Å². The average Bonchev–Trinajstić information content (AvgIpc) is 2.54. The predicted octanol–water partition coefficient (Wildman–Crippen LogP) is 5.30. The third-order valence-corrected chi connectivity index (χ3v) is 3.78. The van der Waals surface area contributed by atoms with Crippen molar-refractivity contribution in [2.24, 2.45) is 0 Å². The van der Waals surface area contributed by atoms with Crippen LogP contribution in [-0.2, 0) is 18.9 Å². The molecule has 0 atom stereocenters. The number of pyridine rings is 2. The van der Waals surface area contributed by atoms with E-state index >= 15 is 0 Å². The molecular weight excluding hydrogens is 375 g/mol. The van der Waals surface area contributed by atoms with Gasteiger partial charge in [0, 0.05) is 28.4 Å². The fourth-order valence-corrected chi connectivity index (χ4v) is 2.78. The topological polar surface area (TPSA) is 25.8 Å². The van der Waals surface area contributed by atoms with E-state index < -0.39 is 0 Å². The van der Waals surface area contributed by atoms with Crippen LogP contribution in [0.15, 0.2) is 65.8 Å². The zero-order valence-electron chi connectivity index (χ0n) is 10.8. The molecule has 0 unspecified atom stereocenters. The molecule has 0 aliphatic rings. The molecule has 0 aliphatic heterocycles. The number of nitrogens with zero attached hydrogens (tertiary/aromatic N) is 2. The number of hydrogen-bond donors (Lipinski definition) is 0. The van der Waals surface area contributed by atoms with Gasteiger partial charge in [0.1, 0.15) is 0 Å². The molecule has 0 aliphatic carbocycles. The minimum atomic E-state index is 0.757. The van der Waals surface area contributed by atoms with Crippen LogP contribution in [-0.4, -0.2) is 9.97 Å². The van der Waals surface area contributed by atoms with Crippen molar-refractivity contribution in [3.8, 4) is 0 Å². The van der Waals surface area contributed by atoms with E-state index in [1.54, 1.807) is 11.8 Å². The molecule has 0 bridgehead atoms. The molecular formula is C15H12Cl2CuN2S. The summed E-state index contributed by atoms with van der Waals surface area (Å²) >= 11 is 2.53. The van der Waals surface area contributed by atoms with Crippen molar-refractivity contribution in [1.82, 2.24) is 9.97 Å². The second-order valence-electron chi connectivity index (χ2n) is 3.98. The number of hydrogen-bond acceptors (Lipinski definition) is 3. The van der Waals surface area contributed by atoms with Crippen LogP contribution in [0.3, 0.4) is 0 Å². The smallest absolute Gasteiger partial charge is 0.0837 e. The molecule has 2 nitrogen and oxygen atoms in total. The fraction of sp³-hybridized carbons (Fsp3) is 0.0667. The number of halogens is 2. The van der Waals surface area contributed by atoms with Crippen LogP contribution in [0.25, 0.3) is 10.9 Å². The van der Waals surface area contributed by atoms with Gasteiger partial charge < -0.3 is 0 Å². The third kappa shape index (κ3) is 5.17. The Balaban J connectivity index is 0.000000497. The van der Waals surface area contributed by atoms with Gasteiger partial charge in [-0.2, -0.15) is 0 Å². The Bertz CT molecular complexity index is 677. The third-order valence-electron chi connectivity index (χ3n) is 2.70. The first-order chi connectivity index (χ1) is 10.3. The number of rotatable bonds is 3. The second kappa shape index (κ2) is 9.29. The monoisotopic (exact) mass is 385 g/mol. The van der Waals surface area contributed by atoms with Gasteiger partial charge in [-0.3, -0.25) is 9.97 Å². The van der Waals surface area contributed by atoms with E-state index in [-0.39, 0.29) is 0 Å². The molecule has 113 valence electrons. The van der Waals surface area contributed by atoms with Gasteiger partial charge in [-0.15, -0.1) is 11.8 Å². The van der Waals surface area contributed by atoms with E-state index in [1.807, 2.05) is 36.7 Å². The van der Waals surface area contributed by atoms with E-state index in [9.17, 15) is 0 Å². The molecule has 2 heterocycles. The zero-order valence-corrected chi connectivity index (χ0v) is 14.1. The Labute approximate surface area is 142 Å². The van der Waals surface area contributed by atoms with Crippen molar-refractivity contribution < 1.29 is 13.1 Å². The van der Waals surface area contributed by atoms with Crippen molar-refractivity contribution in [2.75, 3.05) is 0 Å². The first-order valence-corrected chi connectivity index (χ1v) is 9.60. The summed E-state index contributed by atoms with van der Waals surface area (Å²) in [4.78, 5) is 9.99. The van der Waals surface area contributed by atoms with Crippen molar-refractivity contribution in [1.29, 1.82) is 0 Å². The van der Waals surface area contributed by atoms with Gasteiger partial charge in [-0.1, -0.05) is 24.3 Å². The van der Waals surface area contributed by atoms with Crippen LogP contribution >= 0.6 is 32.0 Å². The molecule has 2 aromatic heterocycles. The van der Waals surface area contributed by atoms with Crippen LogP contribution < -0.4 is 0 Å². The largest absolute Gasteiger partial charge is 0.260 e. The van der Waals surface area contributed by atoms with Gasteiger partial charge in [-0.05, 0) is 24.3 Å². The average molecular weight is 387 g/mol. The summed E-state index contributed by atoms with van der Waals surface area (Å²) in [6.07, 6.45) is 3.67. The van der Waals surface area contributed by atoms with E-state index in [4.69, 9.17) is 0 Å². The van der Waals surface area contributed by atoms with Gasteiger partial charge in [0.2, 0.25) is 0 Å². The summed E-state index contributed by atoms with van der Waals surface area (Å²) in [6, 6.07) is 16.3. The van der Waals surface area contributed by atoms with Crippen molar-refractivity contribution in [2.45, 2.75) is 10.6 Å². The fourth-order valence-electron chi connectivity index (χ4n) is 1.83. The molecule has 3 aromatic rings. The summed E-state index contributed by atoms with van der Waals surface area (Å²) in [5.74, 6) is 0.872. The number of benzene rings is 1. The number of fused-ring (bicyclic) bond motifs is 1. The number of thioether (sulfide) groups is 1. The molecule has 0 fully saturated rings. The maximum Gasteiger partial charge on any atom is 0.0837 e. The SMILES string of the molecule is [Cl][Cu][Cl].c1ccc(CSc2cccc3cccnc23)nc1. The van der Waals surface area contributed by atoms with Gasteiger partial charge in [0.25, 0.3) is 0 Å². The van der Waals surface area contributed by atoms with E-state index in [0.717, 1.165) is 30.1 Å². The quantitative estimate of drug-likeness (QED) is 0.451. The molecule has 0 spiro atoms. The summed E-state index contributed by atoms with van der Waals surface area (Å²) in [5.41, 5.74) is 2.16. The van der Waals surface area contributed by atoms with Crippen molar-refractivity contribution in [3.63, 3.8) is 0 Å². The molecule has 0 amide bonds. The molecule has 6 heteroatoms. The van der Waals surface area contributed by atoms with E-state index in [0.29, 0.717) is 0 Å². The van der Waals surface area contributed by atoms with Crippen LogP contribution in [0, 0.1) is 0 Å². The van der Waals surface area contributed by atoms with Crippen LogP contribution in [0.5, 0.6) is 0 Å². The summed E-state index contributed by atoms with van der Waals surface area (Å²) in [6.45, 7) is 0. The first-order valence-electron chi connectivity index (χ1n) is 6.03. The molecule has 0 saturated carbocycles. The van der Waals surface area contributed by atoms with Crippen LogP contribution in [0.1, 0.15) is 5.69 Å². The van der Waals surface area contributed by atoms with Gasteiger partial charge in [-0.25, -0.2) is 0 Å². The molecule has 21 heavy (non-hydrogen) atoms. The number of para-hydroxylation sites is 1. The Kier molecular flexibility index (Phi) is 7.34. The number of aromatic nitrogens is 2. The van der Waals surface area contributed by atoms with Crippen LogP contribution in [0.2, 0.25) is 0 Å². The Morgan fingerprint density at radius 3 is 2.43 bits per heavy atom.